The average Bonchev–Trinajstić information content (AvgIpc) is 2.78. The zero-order valence-electron chi connectivity index (χ0n) is 11.3. The van der Waals surface area contributed by atoms with Crippen LogP contribution in [0, 0.1) is 0 Å². The Kier molecular flexibility index (Phi) is 4.22. The van der Waals surface area contributed by atoms with E-state index >= 15 is 0 Å². The van der Waals surface area contributed by atoms with Crippen LogP contribution in [0.3, 0.4) is 0 Å². The van der Waals surface area contributed by atoms with Gasteiger partial charge in [0.25, 0.3) is 10.0 Å². The van der Waals surface area contributed by atoms with E-state index in [-0.39, 0.29) is 15.0 Å². The van der Waals surface area contributed by atoms with Gasteiger partial charge in [0.05, 0.1) is 16.9 Å². The number of hydrogen-bond donors (Lipinski definition) is 1. The maximum Gasteiger partial charge on any atom is 0.282 e. The summed E-state index contributed by atoms with van der Waals surface area (Å²) in [7, 11) is -0.850. The van der Waals surface area contributed by atoms with Gasteiger partial charge < -0.3 is 5.73 Å². The Balaban J connectivity index is 2.43. The predicted molar refractivity (Wildman–Crippen MR) is 86.1 cm³/mol. The molecule has 0 bridgehead atoms. The van der Waals surface area contributed by atoms with Gasteiger partial charge in [-0.05, 0) is 24.3 Å². The van der Waals surface area contributed by atoms with Crippen LogP contribution in [0.4, 0.5) is 5.69 Å². The lowest BCUT2D eigenvalue weighted by atomic mass is 10.2. The number of rotatable bonds is 4. The van der Waals surface area contributed by atoms with E-state index in [0.29, 0.717) is 11.3 Å². The van der Waals surface area contributed by atoms with Crippen LogP contribution >= 0.6 is 23.8 Å². The number of benzene rings is 1. The molecule has 0 amide bonds. The van der Waals surface area contributed by atoms with Crippen molar-refractivity contribution in [2.75, 3.05) is 11.4 Å². The highest BCUT2D eigenvalue weighted by atomic mass is 35.5. The average molecular weight is 345 g/mol. The summed E-state index contributed by atoms with van der Waals surface area (Å²) in [6.45, 7) is 0. The molecule has 0 atom stereocenters. The number of nitrogens with two attached hydrogens (primary N) is 1. The molecule has 0 unspecified atom stereocenters. The summed E-state index contributed by atoms with van der Waals surface area (Å²) in [5, 5.41) is 3.85. The molecule has 0 radical (unpaired) electrons. The molecule has 0 saturated carbocycles. The molecule has 2 rings (SSSR count). The van der Waals surface area contributed by atoms with Crippen molar-refractivity contribution >= 4 is 44.5 Å². The predicted octanol–water partition coefficient (Wildman–Crippen LogP) is 1.53. The van der Waals surface area contributed by atoms with Gasteiger partial charge in [-0.1, -0.05) is 23.8 Å². The monoisotopic (exact) mass is 344 g/mol. The summed E-state index contributed by atoms with van der Waals surface area (Å²) in [5.74, 6) is 0. The van der Waals surface area contributed by atoms with Crippen LogP contribution in [0.15, 0.2) is 35.5 Å². The van der Waals surface area contributed by atoms with Crippen molar-refractivity contribution in [1.82, 2.24) is 9.78 Å². The lowest BCUT2D eigenvalue weighted by Crippen LogP contribution is -2.28. The molecule has 0 aliphatic heterocycles. The van der Waals surface area contributed by atoms with E-state index in [9.17, 15) is 8.42 Å². The first-order chi connectivity index (χ1) is 9.75. The molecule has 2 N–H and O–H groups in total. The molecule has 0 aliphatic rings. The minimum absolute atomic E-state index is 0.0647. The highest BCUT2D eigenvalue weighted by molar-refractivity contribution is 7.92. The van der Waals surface area contributed by atoms with Gasteiger partial charge in [0.2, 0.25) is 0 Å². The first-order valence-electron chi connectivity index (χ1n) is 5.81. The Morgan fingerprint density at radius 2 is 1.95 bits per heavy atom. The molecular formula is C12H13ClN4O2S2. The smallest absolute Gasteiger partial charge is 0.282 e. The lowest BCUT2D eigenvalue weighted by molar-refractivity contribution is 0.575. The summed E-state index contributed by atoms with van der Waals surface area (Å²) in [6, 6.07) is 6.57. The van der Waals surface area contributed by atoms with Crippen LogP contribution in [-0.4, -0.2) is 30.2 Å². The van der Waals surface area contributed by atoms with Gasteiger partial charge >= 0.3 is 0 Å². The number of aryl methyl sites for hydroxylation is 1. The molecule has 21 heavy (non-hydrogen) atoms. The van der Waals surface area contributed by atoms with Crippen LogP contribution in [0.1, 0.15) is 5.56 Å². The summed E-state index contributed by atoms with van der Waals surface area (Å²) in [5.41, 5.74) is 6.64. The number of aromatic nitrogens is 2. The van der Waals surface area contributed by atoms with Gasteiger partial charge in [-0.2, -0.15) is 13.5 Å². The van der Waals surface area contributed by atoms with Crippen LogP contribution in [0.5, 0.6) is 0 Å². The summed E-state index contributed by atoms with van der Waals surface area (Å²) >= 11 is 10.8. The second kappa shape index (κ2) is 5.63. The van der Waals surface area contributed by atoms with E-state index in [0.717, 1.165) is 4.31 Å². The van der Waals surface area contributed by atoms with Crippen molar-refractivity contribution in [3.63, 3.8) is 0 Å². The standard InChI is InChI=1S/C12H13ClN4O2S2/c1-16-12(10(13)7-15-16)21(18,19)17(2)9-5-3-8(4-6-9)11(14)20/h3-7H,1-2H3,(H2,14,20). The maximum absolute atomic E-state index is 12.6. The zero-order chi connectivity index (χ0) is 15.8. The van der Waals surface area contributed by atoms with Crippen molar-refractivity contribution in [3.8, 4) is 0 Å². The minimum Gasteiger partial charge on any atom is -0.389 e. The van der Waals surface area contributed by atoms with Gasteiger partial charge in [0.15, 0.2) is 5.03 Å². The molecule has 1 aromatic heterocycles. The van der Waals surface area contributed by atoms with E-state index in [2.05, 4.69) is 5.10 Å². The number of thiocarbonyl (C=S) groups is 1. The Hall–Kier alpha value is -1.64. The Labute approximate surface area is 133 Å². The third-order valence-electron chi connectivity index (χ3n) is 2.96. The van der Waals surface area contributed by atoms with Gasteiger partial charge in [0.1, 0.15) is 4.99 Å². The Bertz CT molecular complexity index is 765. The number of hydrogen-bond acceptors (Lipinski definition) is 4. The highest BCUT2D eigenvalue weighted by Gasteiger charge is 2.27. The largest absolute Gasteiger partial charge is 0.389 e. The highest BCUT2D eigenvalue weighted by Crippen LogP contribution is 2.26. The van der Waals surface area contributed by atoms with Crippen molar-refractivity contribution in [1.29, 1.82) is 0 Å². The van der Waals surface area contributed by atoms with Crippen molar-refractivity contribution in [3.05, 3.63) is 41.0 Å². The lowest BCUT2D eigenvalue weighted by Gasteiger charge is -2.19. The van der Waals surface area contributed by atoms with E-state index in [1.54, 1.807) is 24.3 Å². The third-order valence-corrected chi connectivity index (χ3v) is 5.49. The first kappa shape index (κ1) is 15.7. The van der Waals surface area contributed by atoms with E-state index in [1.165, 1.54) is 25.0 Å². The molecule has 6 nitrogen and oxygen atoms in total. The SMILES string of the molecule is CN(c1ccc(C(N)=S)cc1)S(=O)(=O)c1c(Cl)cnn1C. The second-order valence-electron chi connectivity index (χ2n) is 4.30. The van der Waals surface area contributed by atoms with Crippen molar-refractivity contribution in [2.24, 2.45) is 12.8 Å². The molecule has 0 fully saturated rings. The fraction of sp³-hybridized carbons (Fsp3) is 0.167. The second-order valence-corrected chi connectivity index (χ2v) is 7.04. The molecule has 0 aliphatic carbocycles. The summed E-state index contributed by atoms with van der Waals surface area (Å²) in [4.78, 5) is 0.252. The zero-order valence-corrected chi connectivity index (χ0v) is 13.7. The van der Waals surface area contributed by atoms with Crippen molar-refractivity contribution in [2.45, 2.75) is 5.03 Å². The molecule has 1 heterocycles. The molecule has 9 heteroatoms. The molecular weight excluding hydrogens is 332 g/mol. The summed E-state index contributed by atoms with van der Waals surface area (Å²) < 4.78 is 27.5. The topological polar surface area (TPSA) is 81.2 Å². The van der Waals surface area contributed by atoms with Crippen molar-refractivity contribution < 1.29 is 8.42 Å². The van der Waals surface area contributed by atoms with E-state index in [1.807, 2.05) is 0 Å². The normalized spacial score (nSPS) is 11.4. The number of sulfonamides is 1. The Morgan fingerprint density at radius 1 is 1.38 bits per heavy atom. The van der Waals surface area contributed by atoms with Gasteiger partial charge in [-0.15, -0.1) is 0 Å². The molecule has 1 aromatic carbocycles. The van der Waals surface area contributed by atoms with E-state index in [4.69, 9.17) is 29.6 Å². The molecule has 2 aromatic rings. The fourth-order valence-corrected chi connectivity index (χ4v) is 3.73. The molecule has 112 valence electrons. The van der Waals surface area contributed by atoms with E-state index < -0.39 is 10.0 Å². The quantitative estimate of drug-likeness (QED) is 0.851. The maximum atomic E-state index is 12.6. The van der Waals surface area contributed by atoms with Gasteiger partial charge in [-0.25, -0.2) is 0 Å². The fourth-order valence-electron chi connectivity index (χ4n) is 1.79. The number of anilines is 1. The van der Waals surface area contributed by atoms with Crippen LogP contribution in [-0.2, 0) is 17.1 Å². The van der Waals surface area contributed by atoms with Gasteiger partial charge in [0, 0.05) is 19.7 Å². The third kappa shape index (κ3) is 2.87. The van der Waals surface area contributed by atoms with Crippen LogP contribution < -0.4 is 10.0 Å². The van der Waals surface area contributed by atoms with Gasteiger partial charge in [-0.3, -0.25) is 8.99 Å². The van der Waals surface area contributed by atoms with Crippen LogP contribution in [0.25, 0.3) is 0 Å². The number of nitrogens with zero attached hydrogens (tertiary/aromatic N) is 3. The van der Waals surface area contributed by atoms with Crippen LogP contribution in [0.2, 0.25) is 5.02 Å². The summed E-state index contributed by atoms with van der Waals surface area (Å²) in [6.07, 6.45) is 1.29. The molecule has 0 spiro atoms. The first-order valence-corrected chi connectivity index (χ1v) is 8.04. The number of halogens is 1. The Morgan fingerprint density at radius 3 is 2.38 bits per heavy atom. The minimum atomic E-state index is -3.81. The molecule has 0 saturated heterocycles.